The van der Waals surface area contributed by atoms with Crippen LogP contribution >= 0.6 is 11.6 Å². The van der Waals surface area contributed by atoms with Gasteiger partial charge in [0, 0.05) is 10.9 Å². The van der Waals surface area contributed by atoms with E-state index >= 15 is 0 Å². The van der Waals surface area contributed by atoms with Crippen molar-refractivity contribution in [2.75, 3.05) is 13.8 Å². The maximum absolute atomic E-state index is 12.7. The minimum Gasteiger partial charge on any atom is -0.469 e. The molecule has 0 bridgehead atoms. The quantitative estimate of drug-likeness (QED) is 0.744. The van der Waals surface area contributed by atoms with Crippen molar-refractivity contribution in [1.82, 2.24) is 0 Å². The van der Waals surface area contributed by atoms with Gasteiger partial charge in [-0.2, -0.15) is 0 Å². The lowest BCUT2D eigenvalue weighted by Gasteiger charge is -2.11. The van der Waals surface area contributed by atoms with Crippen LogP contribution in [0.5, 0.6) is 0 Å². The zero-order chi connectivity index (χ0) is 11.3. The SMILES string of the molecule is COC(=O)C[C@@H](CF)c1ccc(Cl)cc1. The Hall–Kier alpha value is -1.09. The molecule has 0 spiro atoms. The molecule has 0 heterocycles. The fourth-order valence-electron chi connectivity index (χ4n) is 1.28. The monoisotopic (exact) mass is 230 g/mol. The molecule has 0 amide bonds. The van der Waals surface area contributed by atoms with E-state index < -0.39 is 18.6 Å². The second-order valence-electron chi connectivity index (χ2n) is 3.18. The Labute approximate surface area is 93.0 Å². The Morgan fingerprint density at radius 2 is 2.07 bits per heavy atom. The molecule has 1 aromatic carbocycles. The highest BCUT2D eigenvalue weighted by Crippen LogP contribution is 2.22. The van der Waals surface area contributed by atoms with E-state index in [4.69, 9.17) is 11.6 Å². The van der Waals surface area contributed by atoms with E-state index in [9.17, 15) is 9.18 Å². The van der Waals surface area contributed by atoms with Crippen molar-refractivity contribution in [2.24, 2.45) is 0 Å². The number of hydrogen-bond acceptors (Lipinski definition) is 2. The molecule has 2 nitrogen and oxygen atoms in total. The van der Waals surface area contributed by atoms with Crippen LogP contribution in [0.3, 0.4) is 0 Å². The van der Waals surface area contributed by atoms with Crippen LogP contribution in [-0.4, -0.2) is 19.8 Å². The first-order valence-corrected chi connectivity index (χ1v) is 4.93. The molecule has 0 N–H and O–H groups in total. The summed E-state index contributed by atoms with van der Waals surface area (Å²) in [6.07, 6.45) is 0.0502. The summed E-state index contributed by atoms with van der Waals surface area (Å²) >= 11 is 5.71. The van der Waals surface area contributed by atoms with Gasteiger partial charge in [-0.05, 0) is 17.7 Å². The number of carbonyl (C=O) groups excluding carboxylic acids is 1. The van der Waals surface area contributed by atoms with Crippen molar-refractivity contribution >= 4 is 17.6 Å². The molecule has 0 aliphatic heterocycles. The highest BCUT2D eigenvalue weighted by molar-refractivity contribution is 6.30. The van der Waals surface area contributed by atoms with E-state index in [1.54, 1.807) is 24.3 Å². The van der Waals surface area contributed by atoms with Crippen molar-refractivity contribution in [3.05, 3.63) is 34.9 Å². The van der Waals surface area contributed by atoms with Gasteiger partial charge >= 0.3 is 5.97 Å². The average Bonchev–Trinajstić information content (AvgIpc) is 2.27. The second-order valence-corrected chi connectivity index (χ2v) is 3.62. The lowest BCUT2D eigenvalue weighted by atomic mass is 9.97. The van der Waals surface area contributed by atoms with Crippen LogP contribution in [0.15, 0.2) is 24.3 Å². The number of carbonyl (C=O) groups is 1. The Bertz CT molecular complexity index is 324. The molecule has 15 heavy (non-hydrogen) atoms. The van der Waals surface area contributed by atoms with Crippen molar-refractivity contribution < 1.29 is 13.9 Å². The number of ether oxygens (including phenoxy) is 1. The second kappa shape index (κ2) is 5.71. The first kappa shape index (κ1) is 12.0. The van der Waals surface area contributed by atoms with Crippen LogP contribution in [0.4, 0.5) is 4.39 Å². The molecule has 0 fully saturated rings. The fraction of sp³-hybridized carbons (Fsp3) is 0.364. The molecule has 4 heteroatoms. The lowest BCUT2D eigenvalue weighted by Crippen LogP contribution is -2.10. The van der Waals surface area contributed by atoms with Crippen LogP contribution in [0.25, 0.3) is 0 Å². The number of rotatable bonds is 4. The molecule has 0 radical (unpaired) electrons. The summed E-state index contributed by atoms with van der Waals surface area (Å²) in [6.45, 7) is -0.587. The summed E-state index contributed by atoms with van der Waals surface area (Å²) in [5, 5.41) is 0.592. The lowest BCUT2D eigenvalue weighted by molar-refractivity contribution is -0.141. The van der Waals surface area contributed by atoms with Crippen molar-refractivity contribution in [3.63, 3.8) is 0 Å². The number of halogens is 2. The minimum atomic E-state index is -0.587. The van der Waals surface area contributed by atoms with Gasteiger partial charge in [-0.15, -0.1) is 0 Å². The van der Waals surface area contributed by atoms with Gasteiger partial charge in [0.15, 0.2) is 0 Å². The average molecular weight is 231 g/mol. The predicted octanol–water partition coefficient (Wildman–Crippen LogP) is 2.96. The van der Waals surface area contributed by atoms with Crippen molar-refractivity contribution in [2.45, 2.75) is 12.3 Å². The smallest absolute Gasteiger partial charge is 0.306 e. The van der Waals surface area contributed by atoms with Gasteiger partial charge in [0.25, 0.3) is 0 Å². The number of methoxy groups -OCH3 is 1. The van der Waals surface area contributed by atoms with Gasteiger partial charge in [0.2, 0.25) is 0 Å². The molecular formula is C11H12ClFO2. The highest BCUT2D eigenvalue weighted by atomic mass is 35.5. The van der Waals surface area contributed by atoms with Crippen molar-refractivity contribution in [3.8, 4) is 0 Å². The predicted molar refractivity (Wildman–Crippen MR) is 56.8 cm³/mol. The van der Waals surface area contributed by atoms with Gasteiger partial charge < -0.3 is 4.74 Å². The van der Waals surface area contributed by atoms with Crippen LogP contribution in [0, 0.1) is 0 Å². The number of alkyl halides is 1. The van der Waals surface area contributed by atoms with Crippen LogP contribution < -0.4 is 0 Å². The van der Waals surface area contributed by atoms with E-state index in [1.165, 1.54) is 7.11 Å². The summed E-state index contributed by atoms with van der Waals surface area (Å²) in [5.74, 6) is -0.859. The first-order chi connectivity index (χ1) is 7.17. The topological polar surface area (TPSA) is 26.3 Å². The Morgan fingerprint density at radius 1 is 1.47 bits per heavy atom. The van der Waals surface area contributed by atoms with Crippen LogP contribution in [0.2, 0.25) is 5.02 Å². The van der Waals surface area contributed by atoms with E-state index in [1.807, 2.05) is 0 Å². The largest absolute Gasteiger partial charge is 0.469 e. The van der Waals surface area contributed by atoms with E-state index in [0.29, 0.717) is 5.02 Å². The Morgan fingerprint density at radius 3 is 2.53 bits per heavy atom. The minimum absolute atomic E-state index is 0.0502. The third-order valence-corrected chi connectivity index (χ3v) is 2.42. The van der Waals surface area contributed by atoms with E-state index in [2.05, 4.69) is 4.74 Å². The standard InChI is InChI=1S/C11H12ClFO2/c1-15-11(14)6-9(7-13)8-2-4-10(12)5-3-8/h2-5,9H,6-7H2,1H3/t9-/m0/s1. The molecule has 1 aromatic rings. The van der Waals surface area contributed by atoms with Crippen LogP contribution in [0.1, 0.15) is 17.9 Å². The zero-order valence-electron chi connectivity index (χ0n) is 8.37. The molecule has 1 atom stereocenters. The third-order valence-electron chi connectivity index (χ3n) is 2.17. The maximum Gasteiger partial charge on any atom is 0.306 e. The molecule has 0 unspecified atom stereocenters. The number of benzene rings is 1. The Kier molecular flexibility index (Phi) is 4.56. The van der Waals surface area contributed by atoms with Crippen LogP contribution in [-0.2, 0) is 9.53 Å². The van der Waals surface area contributed by atoms with E-state index in [-0.39, 0.29) is 6.42 Å². The molecule has 0 aliphatic carbocycles. The van der Waals surface area contributed by atoms with Gasteiger partial charge in [-0.3, -0.25) is 9.18 Å². The first-order valence-electron chi connectivity index (χ1n) is 4.55. The summed E-state index contributed by atoms with van der Waals surface area (Å²) in [6, 6.07) is 6.79. The Balaban J connectivity index is 2.74. The van der Waals surface area contributed by atoms with Gasteiger partial charge in [0.1, 0.15) is 0 Å². The summed E-state index contributed by atoms with van der Waals surface area (Å²) in [7, 11) is 1.29. The maximum atomic E-state index is 12.7. The summed E-state index contributed by atoms with van der Waals surface area (Å²) in [4.78, 5) is 11.0. The molecule has 1 rings (SSSR count). The number of hydrogen-bond donors (Lipinski definition) is 0. The summed E-state index contributed by atoms with van der Waals surface area (Å²) < 4.78 is 17.2. The molecular weight excluding hydrogens is 219 g/mol. The third kappa shape index (κ3) is 3.51. The van der Waals surface area contributed by atoms with Gasteiger partial charge in [-0.25, -0.2) is 0 Å². The van der Waals surface area contributed by atoms with Gasteiger partial charge in [-0.1, -0.05) is 23.7 Å². The van der Waals surface area contributed by atoms with Crippen molar-refractivity contribution in [1.29, 1.82) is 0 Å². The summed E-state index contributed by atoms with van der Waals surface area (Å²) in [5.41, 5.74) is 0.757. The normalized spacial score (nSPS) is 12.2. The van der Waals surface area contributed by atoms with E-state index in [0.717, 1.165) is 5.56 Å². The molecule has 0 saturated carbocycles. The highest BCUT2D eigenvalue weighted by Gasteiger charge is 2.16. The zero-order valence-corrected chi connectivity index (χ0v) is 9.13. The fourth-order valence-corrected chi connectivity index (χ4v) is 1.41. The van der Waals surface area contributed by atoms with Gasteiger partial charge in [0.05, 0.1) is 20.2 Å². The molecule has 0 aromatic heterocycles. The number of esters is 1. The molecule has 0 saturated heterocycles. The molecule has 82 valence electrons. The molecule has 0 aliphatic rings.